The van der Waals surface area contributed by atoms with Gasteiger partial charge in [-0.3, -0.25) is 4.79 Å². The highest BCUT2D eigenvalue weighted by atomic mass is 32.2. The smallest absolute Gasteiger partial charge is 0.224 e. The molecule has 3 nitrogen and oxygen atoms in total. The van der Waals surface area contributed by atoms with Crippen LogP contribution < -0.4 is 11.1 Å². The van der Waals surface area contributed by atoms with E-state index in [-0.39, 0.29) is 11.8 Å². The maximum absolute atomic E-state index is 11.6. The summed E-state index contributed by atoms with van der Waals surface area (Å²) in [4.78, 5) is 11.6. The average Bonchev–Trinajstić information content (AvgIpc) is 2.25. The lowest BCUT2D eigenvalue weighted by atomic mass is 10.0. The molecule has 1 unspecified atom stereocenters. The highest BCUT2D eigenvalue weighted by molar-refractivity contribution is 7.99. The molecule has 0 radical (unpaired) electrons. The normalized spacial score (nSPS) is 11.8. The van der Waals surface area contributed by atoms with Crippen molar-refractivity contribution in [3.63, 3.8) is 0 Å². The molecule has 86 valence electrons. The fourth-order valence-electron chi connectivity index (χ4n) is 1.23. The number of hydrogen-bond acceptors (Lipinski definition) is 3. The van der Waals surface area contributed by atoms with Crippen LogP contribution in [-0.4, -0.2) is 30.5 Å². The Morgan fingerprint density at radius 1 is 1.67 bits per heavy atom. The SMILES string of the molecule is C#CCSCCNC(=O)C(CN)CCC. The summed E-state index contributed by atoms with van der Waals surface area (Å²) in [7, 11) is 0. The van der Waals surface area contributed by atoms with Gasteiger partial charge in [-0.15, -0.1) is 18.2 Å². The van der Waals surface area contributed by atoms with Crippen molar-refractivity contribution in [1.82, 2.24) is 5.32 Å². The molecule has 1 atom stereocenters. The first-order valence-electron chi connectivity index (χ1n) is 5.25. The van der Waals surface area contributed by atoms with E-state index >= 15 is 0 Å². The van der Waals surface area contributed by atoms with Crippen LogP contribution in [0, 0.1) is 18.3 Å². The zero-order valence-electron chi connectivity index (χ0n) is 9.29. The summed E-state index contributed by atoms with van der Waals surface area (Å²) in [5.74, 6) is 4.14. The van der Waals surface area contributed by atoms with Crippen molar-refractivity contribution >= 4 is 17.7 Å². The Kier molecular flexibility index (Phi) is 9.44. The van der Waals surface area contributed by atoms with Crippen molar-refractivity contribution in [2.45, 2.75) is 19.8 Å². The molecule has 0 spiro atoms. The van der Waals surface area contributed by atoms with Gasteiger partial charge in [0.25, 0.3) is 0 Å². The largest absolute Gasteiger partial charge is 0.355 e. The second-order valence-corrected chi connectivity index (χ2v) is 4.37. The summed E-state index contributed by atoms with van der Waals surface area (Å²) in [5, 5.41) is 2.87. The topological polar surface area (TPSA) is 55.1 Å². The van der Waals surface area contributed by atoms with Crippen molar-refractivity contribution in [2.75, 3.05) is 24.6 Å². The molecule has 0 saturated heterocycles. The quantitative estimate of drug-likeness (QED) is 0.478. The number of nitrogens with two attached hydrogens (primary N) is 1. The molecule has 0 rings (SSSR count). The minimum Gasteiger partial charge on any atom is -0.355 e. The monoisotopic (exact) mass is 228 g/mol. The van der Waals surface area contributed by atoms with Crippen LogP contribution in [-0.2, 0) is 4.79 Å². The molecule has 0 fully saturated rings. The molecule has 0 aliphatic carbocycles. The molecule has 0 aromatic carbocycles. The maximum atomic E-state index is 11.6. The van der Waals surface area contributed by atoms with E-state index in [2.05, 4.69) is 18.2 Å². The molecule has 0 bridgehead atoms. The van der Waals surface area contributed by atoms with E-state index < -0.39 is 0 Å². The van der Waals surface area contributed by atoms with Crippen LogP contribution in [0.2, 0.25) is 0 Å². The number of amides is 1. The molecule has 0 saturated carbocycles. The lowest BCUT2D eigenvalue weighted by Crippen LogP contribution is -2.36. The van der Waals surface area contributed by atoms with Gasteiger partial charge in [0, 0.05) is 18.8 Å². The van der Waals surface area contributed by atoms with Gasteiger partial charge in [0.2, 0.25) is 5.91 Å². The molecule has 0 heterocycles. The number of rotatable bonds is 8. The molecule has 3 N–H and O–H groups in total. The summed E-state index contributed by atoms with van der Waals surface area (Å²) in [6, 6.07) is 0. The Morgan fingerprint density at radius 2 is 2.40 bits per heavy atom. The van der Waals surface area contributed by atoms with Crippen molar-refractivity contribution in [3.05, 3.63) is 0 Å². The van der Waals surface area contributed by atoms with E-state index in [0.29, 0.717) is 18.8 Å². The Labute approximate surface area is 96.6 Å². The summed E-state index contributed by atoms with van der Waals surface area (Å²) < 4.78 is 0. The molecule has 1 amide bonds. The van der Waals surface area contributed by atoms with E-state index in [0.717, 1.165) is 18.6 Å². The fraction of sp³-hybridized carbons (Fsp3) is 0.727. The zero-order chi connectivity index (χ0) is 11.5. The van der Waals surface area contributed by atoms with Crippen molar-refractivity contribution in [1.29, 1.82) is 0 Å². The van der Waals surface area contributed by atoms with Crippen molar-refractivity contribution < 1.29 is 4.79 Å². The van der Waals surface area contributed by atoms with E-state index in [1.165, 1.54) is 0 Å². The maximum Gasteiger partial charge on any atom is 0.224 e. The van der Waals surface area contributed by atoms with Crippen LogP contribution in [0.1, 0.15) is 19.8 Å². The lowest BCUT2D eigenvalue weighted by molar-refractivity contribution is -0.124. The Bertz CT molecular complexity index is 213. The summed E-state index contributed by atoms with van der Waals surface area (Å²) in [6.45, 7) is 3.15. The molecular formula is C11H20N2OS. The summed E-state index contributed by atoms with van der Waals surface area (Å²) >= 11 is 1.65. The van der Waals surface area contributed by atoms with Gasteiger partial charge >= 0.3 is 0 Å². The predicted molar refractivity (Wildman–Crippen MR) is 66.6 cm³/mol. The molecule has 4 heteroatoms. The highest BCUT2D eigenvalue weighted by Gasteiger charge is 2.14. The third kappa shape index (κ3) is 7.29. The van der Waals surface area contributed by atoms with Gasteiger partial charge in [0.15, 0.2) is 0 Å². The van der Waals surface area contributed by atoms with Crippen LogP contribution in [0.3, 0.4) is 0 Å². The van der Waals surface area contributed by atoms with Gasteiger partial charge in [-0.2, -0.15) is 0 Å². The number of carbonyl (C=O) groups is 1. The van der Waals surface area contributed by atoms with Crippen molar-refractivity contribution in [3.8, 4) is 12.3 Å². The second-order valence-electron chi connectivity index (χ2n) is 3.27. The molecular weight excluding hydrogens is 208 g/mol. The van der Waals surface area contributed by atoms with Crippen LogP contribution in [0.25, 0.3) is 0 Å². The van der Waals surface area contributed by atoms with Crippen molar-refractivity contribution in [2.24, 2.45) is 11.7 Å². The van der Waals surface area contributed by atoms with Gasteiger partial charge in [-0.05, 0) is 6.42 Å². The van der Waals surface area contributed by atoms with Gasteiger partial charge < -0.3 is 11.1 Å². The van der Waals surface area contributed by atoms with E-state index in [1.807, 2.05) is 0 Å². The van der Waals surface area contributed by atoms with Crippen LogP contribution >= 0.6 is 11.8 Å². The number of nitrogens with one attached hydrogen (secondary N) is 1. The predicted octanol–water partition coefficient (Wildman–Crippen LogP) is 0.844. The second kappa shape index (κ2) is 9.88. The zero-order valence-corrected chi connectivity index (χ0v) is 10.1. The Morgan fingerprint density at radius 3 is 2.93 bits per heavy atom. The number of thioether (sulfide) groups is 1. The van der Waals surface area contributed by atoms with Gasteiger partial charge in [-0.25, -0.2) is 0 Å². The molecule has 0 aromatic heterocycles. The van der Waals surface area contributed by atoms with E-state index in [4.69, 9.17) is 12.2 Å². The third-order valence-electron chi connectivity index (χ3n) is 2.02. The van der Waals surface area contributed by atoms with Crippen LogP contribution in [0.4, 0.5) is 0 Å². The lowest BCUT2D eigenvalue weighted by Gasteiger charge is -2.13. The van der Waals surface area contributed by atoms with Gasteiger partial charge in [0.1, 0.15) is 0 Å². The average molecular weight is 228 g/mol. The molecule has 0 aliphatic rings. The number of carbonyl (C=O) groups excluding carboxylic acids is 1. The van der Waals surface area contributed by atoms with Gasteiger partial charge in [-0.1, -0.05) is 19.3 Å². The minimum absolute atomic E-state index is 0.0346. The van der Waals surface area contributed by atoms with E-state index in [1.54, 1.807) is 11.8 Å². The van der Waals surface area contributed by atoms with E-state index in [9.17, 15) is 4.79 Å². The first-order chi connectivity index (χ1) is 7.26. The van der Waals surface area contributed by atoms with Gasteiger partial charge in [0.05, 0.1) is 11.7 Å². The number of terminal acetylenes is 1. The first kappa shape index (κ1) is 14.3. The third-order valence-corrected chi connectivity index (χ3v) is 2.89. The standard InChI is InChI=1S/C11H20N2OS/c1-3-5-10(9-12)11(14)13-6-8-15-7-4-2/h2,10H,3,5-9,12H2,1H3,(H,13,14). The molecule has 0 aliphatic heterocycles. The molecule has 15 heavy (non-hydrogen) atoms. The fourth-order valence-corrected chi connectivity index (χ4v) is 1.73. The Hall–Kier alpha value is -0.660. The number of hydrogen-bond donors (Lipinski definition) is 2. The Balaban J connectivity index is 3.58. The summed E-state index contributed by atoms with van der Waals surface area (Å²) in [6.07, 6.45) is 6.95. The molecule has 0 aromatic rings. The van der Waals surface area contributed by atoms with Crippen LogP contribution in [0.15, 0.2) is 0 Å². The minimum atomic E-state index is -0.0346. The highest BCUT2D eigenvalue weighted by Crippen LogP contribution is 2.04. The van der Waals surface area contributed by atoms with Crippen LogP contribution in [0.5, 0.6) is 0 Å². The summed E-state index contributed by atoms with van der Waals surface area (Å²) in [5.41, 5.74) is 5.52. The first-order valence-corrected chi connectivity index (χ1v) is 6.40.